The van der Waals surface area contributed by atoms with E-state index < -0.39 is 0 Å². The topological polar surface area (TPSA) is 52.6 Å². The summed E-state index contributed by atoms with van der Waals surface area (Å²) in [6, 6.07) is 7.90. The second-order valence-corrected chi connectivity index (χ2v) is 5.37. The second-order valence-electron chi connectivity index (χ2n) is 5.37. The molecule has 1 amide bonds. The van der Waals surface area contributed by atoms with Crippen LogP contribution in [0.4, 0.5) is 5.69 Å². The molecule has 0 aliphatic carbocycles. The number of para-hydroxylation sites is 1. The number of aliphatic hydroxyl groups is 1. The number of carbonyl (C=O) groups is 1. The summed E-state index contributed by atoms with van der Waals surface area (Å²) in [5, 5.41) is 12.8. The van der Waals surface area contributed by atoms with E-state index in [9.17, 15) is 9.90 Å². The number of aliphatic hydroxyl groups excluding tert-OH is 1. The molecule has 0 bridgehead atoms. The van der Waals surface area contributed by atoms with Crippen molar-refractivity contribution in [2.75, 3.05) is 18.4 Å². The Hall–Kier alpha value is -1.55. The molecule has 19 heavy (non-hydrogen) atoms. The largest absolute Gasteiger partial charge is 0.393 e. The molecule has 1 aromatic rings. The van der Waals surface area contributed by atoms with E-state index >= 15 is 0 Å². The monoisotopic (exact) mass is 262 g/mol. The van der Waals surface area contributed by atoms with Gasteiger partial charge in [-0.05, 0) is 38.8 Å². The third kappa shape index (κ3) is 3.47. The van der Waals surface area contributed by atoms with Crippen LogP contribution in [0.1, 0.15) is 37.0 Å². The molecule has 1 aromatic carbocycles. The van der Waals surface area contributed by atoms with Gasteiger partial charge in [0, 0.05) is 24.8 Å². The van der Waals surface area contributed by atoms with Crippen LogP contribution in [0, 0.1) is 0 Å². The number of rotatable bonds is 3. The van der Waals surface area contributed by atoms with E-state index in [0.29, 0.717) is 31.5 Å². The van der Waals surface area contributed by atoms with Crippen LogP contribution in [-0.2, 0) is 0 Å². The lowest BCUT2D eigenvalue weighted by Gasteiger charge is -2.30. The summed E-state index contributed by atoms with van der Waals surface area (Å²) in [6.07, 6.45) is 1.09. The number of amides is 1. The fourth-order valence-electron chi connectivity index (χ4n) is 2.35. The molecule has 104 valence electrons. The van der Waals surface area contributed by atoms with Gasteiger partial charge in [-0.1, -0.05) is 12.1 Å². The number of nitrogens with zero attached hydrogens (tertiary/aromatic N) is 1. The van der Waals surface area contributed by atoms with Crippen LogP contribution in [0.25, 0.3) is 0 Å². The predicted octanol–water partition coefficient (Wildman–Crippen LogP) is 2.10. The lowest BCUT2D eigenvalue weighted by atomic mass is 10.1. The van der Waals surface area contributed by atoms with Crippen LogP contribution >= 0.6 is 0 Å². The quantitative estimate of drug-likeness (QED) is 0.877. The zero-order chi connectivity index (χ0) is 13.8. The zero-order valence-electron chi connectivity index (χ0n) is 11.6. The summed E-state index contributed by atoms with van der Waals surface area (Å²) in [4.78, 5) is 14.3. The van der Waals surface area contributed by atoms with Crippen molar-refractivity contribution in [3.05, 3.63) is 29.8 Å². The molecule has 0 saturated carbocycles. The number of nitrogens with one attached hydrogen (secondary N) is 1. The van der Waals surface area contributed by atoms with E-state index in [0.717, 1.165) is 5.69 Å². The molecule has 2 N–H and O–H groups in total. The first-order chi connectivity index (χ1) is 9.08. The van der Waals surface area contributed by atoms with Gasteiger partial charge in [0.2, 0.25) is 0 Å². The summed E-state index contributed by atoms with van der Waals surface area (Å²) in [5.41, 5.74) is 1.60. The Balaban J connectivity index is 2.14. The Labute approximate surface area is 114 Å². The molecule has 4 heteroatoms. The smallest absolute Gasteiger partial charge is 0.255 e. The average Bonchev–Trinajstić information content (AvgIpc) is 2.39. The van der Waals surface area contributed by atoms with Crippen molar-refractivity contribution in [2.24, 2.45) is 0 Å². The van der Waals surface area contributed by atoms with Crippen molar-refractivity contribution >= 4 is 11.6 Å². The number of benzene rings is 1. The highest BCUT2D eigenvalue weighted by molar-refractivity contribution is 5.99. The summed E-state index contributed by atoms with van der Waals surface area (Å²) >= 11 is 0. The van der Waals surface area contributed by atoms with Gasteiger partial charge in [0.25, 0.3) is 5.91 Å². The van der Waals surface area contributed by atoms with Crippen molar-refractivity contribution in [3.8, 4) is 0 Å². The summed E-state index contributed by atoms with van der Waals surface area (Å²) in [6.45, 7) is 5.38. The van der Waals surface area contributed by atoms with Gasteiger partial charge >= 0.3 is 0 Å². The van der Waals surface area contributed by atoms with Crippen LogP contribution in [0.2, 0.25) is 0 Å². The van der Waals surface area contributed by atoms with Gasteiger partial charge in [-0.25, -0.2) is 0 Å². The van der Waals surface area contributed by atoms with Crippen LogP contribution in [-0.4, -0.2) is 41.1 Å². The van der Waals surface area contributed by atoms with Gasteiger partial charge in [0.15, 0.2) is 0 Å². The minimum Gasteiger partial charge on any atom is -0.393 e. The molecule has 1 fully saturated rings. The minimum absolute atomic E-state index is 0.0515. The third-order valence-electron chi connectivity index (χ3n) is 3.35. The Morgan fingerprint density at radius 2 is 1.95 bits per heavy atom. The van der Waals surface area contributed by atoms with Crippen molar-refractivity contribution < 1.29 is 9.90 Å². The standard InChI is InChI=1S/C15H22N2O2/c1-11(2)16-14-6-4-3-5-13(14)15(19)17-9-7-12(18)8-10-17/h3-6,11-12,16,18H,7-10H2,1-2H3. The van der Waals surface area contributed by atoms with E-state index in [1.165, 1.54) is 0 Å². The maximum atomic E-state index is 12.5. The van der Waals surface area contributed by atoms with Gasteiger partial charge < -0.3 is 15.3 Å². The fraction of sp³-hybridized carbons (Fsp3) is 0.533. The Kier molecular flexibility index (Phi) is 4.43. The minimum atomic E-state index is -0.256. The van der Waals surface area contributed by atoms with Crippen LogP contribution < -0.4 is 5.32 Å². The van der Waals surface area contributed by atoms with E-state index in [-0.39, 0.29) is 18.1 Å². The van der Waals surface area contributed by atoms with Crippen LogP contribution in [0.15, 0.2) is 24.3 Å². The number of likely N-dealkylation sites (tertiary alicyclic amines) is 1. The van der Waals surface area contributed by atoms with E-state index in [2.05, 4.69) is 19.2 Å². The molecule has 1 saturated heterocycles. The molecular weight excluding hydrogens is 240 g/mol. The Morgan fingerprint density at radius 1 is 1.32 bits per heavy atom. The fourth-order valence-corrected chi connectivity index (χ4v) is 2.35. The molecule has 1 aliphatic heterocycles. The van der Waals surface area contributed by atoms with Crippen LogP contribution in [0.5, 0.6) is 0 Å². The van der Waals surface area contributed by atoms with E-state index in [1.807, 2.05) is 29.2 Å². The summed E-state index contributed by atoms with van der Waals surface area (Å²) in [5.74, 6) is 0.0515. The maximum absolute atomic E-state index is 12.5. The Bertz CT molecular complexity index is 438. The highest BCUT2D eigenvalue weighted by Crippen LogP contribution is 2.20. The van der Waals surface area contributed by atoms with Gasteiger partial charge in [-0.15, -0.1) is 0 Å². The van der Waals surface area contributed by atoms with Gasteiger partial charge in [0.1, 0.15) is 0 Å². The van der Waals surface area contributed by atoms with Crippen molar-refractivity contribution in [1.82, 2.24) is 4.90 Å². The zero-order valence-corrected chi connectivity index (χ0v) is 11.6. The molecule has 1 heterocycles. The summed E-state index contributed by atoms with van der Waals surface area (Å²) in [7, 11) is 0. The van der Waals surface area contributed by atoms with Gasteiger partial charge in [-0.3, -0.25) is 4.79 Å². The number of anilines is 1. The number of hydrogen-bond donors (Lipinski definition) is 2. The van der Waals surface area contributed by atoms with Crippen molar-refractivity contribution in [1.29, 1.82) is 0 Å². The van der Waals surface area contributed by atoms with Crippen LogP contribution in [0.3, 0.4) is 0 Å². The highest BCUT2D eigenvalue weighted by atomic mass is 16.3. The number of carbonyl (C=O) groups excluding carboxylic acids is 1. The first kappa shape index (κ1) is 13.9. The summed E-state index contributed by atoms with van der Waals surface area (Å²) < 4.78 is 0. The number of piperidine rings is 1. The second kappa shape index (κ2) is 6.06. The number of hydrogen-bond acceptors (Lipinski definition) is 3. The maximum Gasteiger partial charge on any atom is 0.255 e. The van der Waals surface area contributed by atoms with E-state index in [1.54, 1.807) is 0 Å². The average molecular weight is 262 g/mol. The SMILES string of the molecule is CC(C)Nc1ccccc1C(=O)N1CCC(O)CC1. The molecule has 0 unspecified atom stereocenters. The predicted molar refractivity (Wildman–Crippen MR) is 76.3 cm³/mol. The van der Waals surface area contributed by atoms with Gasteiger partial charge in [-0.2, -0.15) is 0 Å². The van der Waals surface area contributed by atoms with Crippen molar-refractivity contribution in [3.63, 3.8) is 0 Å². The van der Waals surface area contributed by atoms with Crippen molar-refractivity contribution in [2.45, 2.75) is 38.8 Å². The Morgan fingerprint density at radius 3 is 2.58 bits per heavy atom. The molecule has 0 aromatic heterocycles. The third-order valence-corrected chi connectivity index (χ3v) is 3.35. The lowest BCUT2D eigenvalue weighted by Crippen LogP contribution is -2.40. The first-order valence-corrected chi connectivity index (χ1v) is 6.91. The van der Waals surface area contributed by atoms with Gasteiger partial charge in [0.05, 0.1) is 11.7 Å². The molecule has 0 spiro atoms. The molecule has 4 nitrogen and oxygen atoms in total. The lowest BCUT2D eigenvalue weighted by molar-refractivity contribution is 0.0547. The molecule has 2 rings (SSSR count). The normalized spacial score (nSPS) is 16.7. The molecule has 0 atom stereocenters. The molecular formula is C15H22N2O2. The first-order valence-electron chi connectivity index (χ1n) is 6.91. The molecule has 0 radical (unpaired) electrons. The molecule has 1 aliphatic rings. The highest BCUT2D eigenvalue weighted by Gasteiger charge is 2.23. The van der Waals surface area contributed by atoms with E-state index in [4.69, 9.17) is 0 Å².